The van der Waals surface area contributed by atoms with Gasteiger partial charge in [0, 0.05) is 18.8 Å². The minimum absolute atomic E-state index is 0.495. The van der Waals surface area contributed by atoms with Crippen molar-refractivity contribution in [3.8, 4) is 11.4 Å². The van der Waals surface area contributed by atoms with Crippen LogP contribution in [-0.2, 0) is 7.05 Å². The summed E-state index contributed by atoms with van der Waals surface area (Å²) in [6.45, 7) is 0. The minimum Gasteiger partial charge on any atom is -0.335 e. The lowest BCUT2D eigenvalue weighted by Gasteiger charge is -2.03. The fraction of sp³-hybridized carbons (Fsp3) is 0.0769. The molecule has 0 radical (unpaired) electrons. The topological polar surface area (TPSA) is 30.7 Å². The number of nitrogens with zero attached hydrogens (tertiary/aromatic N) is 3. The van der Waals surface area contributed by atoms with Gasteiger partial charge in [-0.05, 0) is 6.07 Å². The van der Waals surface area contributed by atoms with Crippen molar-refractivity contribution < 1.29 is 0 Å². The minimum atomic E-state index is 0.495. The van der Waals surface area contributed by atoms with Crippen LogP contribution in [0.15, 0.2) is 42.6 Å². The molecule has 0 atom stereocenters. The van der Waals surface area contributed by atoms with Crippen molar-refractivity contribution in [3.63, 3.8) is 0 Å². The second-order valence-corrected chi connectivity index (χ2v) is 4.23. The van der Waals surface area contributed by atoms with Crippen LogP contribution in [0.5, 0.6) is 0 Å². The van der Waals surface area contributed by atoms with E-state index in [1.54, 1.807) is 0 Å². The predicted octanol–water partition coefficient (Wildman–Crippen LogP) is 3.29. The highest BCUT2D eigenvalue weighted by atomic mass is 35.5. The van der Waals surface area contributed by atoms with E-state index < -0.39 is 0 Å². The number of hydrogen-bond acceptors (Lipinski definition) is 2. The van der Waals surface area contributed by atoms with Crippen LogP contribution in [0.25, 0.3) is 22.4 Å². The molecule has 0 unspecified atom stereocenters. The summed E-state index contributed by atoms with van der Waals surface area (Å²) in [5, 5.41) is 1.38. The maximum atomic E-state index is 6.16. The second-order valence-electron chi connectivity index (χ2n) is 3.87. The van der Waals surface area contributed by atoms with Crippen LogP contribution >= 0.6 is 11.6 Å². The van der Waals surface area contributed by atoms with Gasteiger partial charge >= 0.3 is 0 Å². The van der Waals surface area contributed by atoms with Gasteiger partial charge in [-0.3, -0.25) is 0 Å². The van der Waals surface area contributed by atoms with Gasteiger partial charge in [-0.2, -0.15) is 0 Å². The molecule has 0 saturated heterocycles. The van der Waals surface area contributed by atoms with Gasteiger partial charge in [-0.1, -0.05) is 41.9 Å². The van der Waals surface area contributed by atoms with Gasteiger partial charge in [0.05, 0.1) is 5.39 Å². The molecule has 17 heavy (non-hydrogen) atoms. The van der Waals surface area contributed by atoms with Crippen LogP contribution in [0.1, 0.15) is 0 Å². The highest BCUT2D eigenvalue weighted by Gasteiger charge is 2.09. The molecule has 0 bridgehead atoms. The first-order chi connectivity index (χ1) is 8.25. The number of benzene rings is 1. The molecule has 0 aliphatic rings. The number of rotatable bonds is 1. The van der Waals surface area contributed by atoms with Crippen molar-refractivity contribution in [2.75, 3.05) is 0 Å². The molecule has 4 heteroatoms. The molecule has 0 amide bonds. The smallest absolute Gasteiger partial charge is 0.163 e. The summed E-state index contributed by atoms with van der Waals surface area (Å²) in [6, 6.07) is 11.8. The van der Waals surface area contributed by atoms with Crippen molar-refractivity contribution in [2.24, 2.45) is 7.05 Å². The monoisotopic (exact) mass is 243 g/mol. The van der Waals surface area contributed by atoms with Crippen molar-refractivity contribution >= 4 is 22.6 Å². The summed E-state index contributed by atoms with van der Waals surface area (Å²) >= 11 is 6.16. The first-order valence-electron chi connectivity index (χ1n) is 5.30. The normalized spacial score (nSPS) is 10.9. The van der Waals surface area contributed by atoms with E-state index in [9.17, 15) is 0 Å². The molecule has 3 aromatic rings. The van der Waals surface area contributed by atoms with E-state index in [0.717, 1.165) is 16.6 Å². The highest BCUT2D eigenvalue weighted by Crippen LogP contribution is 2.24. The Labute approximate surface area is 104 Å². The Kier molecular flexibility index (Phi) is 2.34. The predicted molar refractivity (Wildman–Crippen MR) is 69.0 cm³/mol. The van der Waals surface area contributed by atoms with E-state index in [2.05, 4.69) is 9.97 Å². The average molecular weight is 244 g/mol. The zero-order chi connectivity index (χ0) is 11.8. The van der Waals surface area contributed by atoms with Gasteiger partial charge in [0.2, 0.25) is 0 Å². The lowest BCUT2D eigenvalue weighted by molar-refractivity contribution is 0.945. The number of hydrogen-bond donors (Lipinski definition) is 0. The summed E-state index contributed by atoms with van der Waals surface area (Å²) in [7, 11) is 1.94. The summed E-state index contributed by atoms with van der Waals surface area (Å²) in [6.07, 6.45) is 1.93. The van der Waals surface area contributed by atoms with E-state index in [1.165, 1.54) is 0 Å². The van der Waals surface area contributed by atoms with Gasteiger partial charge < -0.3 is 4.57 Å². The van der Waals surface area contributed by atoms with E-state index in [0.29, 0.717) is 11.0 Å². The van der Waals surface area contributed by atoms with Crippen LogP contribution in [0.2, 0.25) is 5.15 Å². The van der Waals surface area contributed by atoms with Crippen LogP contribution < -0.4 is 0 Å². The van der Waals surface area contributed by atoms with E-state index in [4.69, 9.17) is 11.6 Å². The van der Waals surface area contributed by atoms with E-state index in [-0.39, 0.29) is 0 Å². The Hall–Kier alpha value is -1.87. The van der Waals surface area contributed by atoms with Gasteiger partial charge in [0.25, 0.3) is 0 Å². The fourth-order valence-corrected chi connectivity index (χ4v) is 2.04. The molecule has 2 aromatic heterocycles. The first kappa shape index (κ1) is 10.3. The van der Waals surface area contributed by atoms with Crippen molar-refractivity contribution in [2.45, 2.75) is 0 Å². The van der Waals surface area contributed by atoms with Crippen LogP contribution in [0, 0.1) is 0 Å². The zero-order valence-corrected chi connectivity index (χ0v) is 10.0. The Bertz CT molecular complexity index is 674. The largest absolute Gasteiger partial charge is 0.335 e. The molecule has 84 valence electrons. The lowest BCUT2D eigenvalue weighted by Crippen LogP contribution is -1.94. The molecule has 0 saturated carbocycles. The zero-order valence-electron chi connectivity index (χ0n) is 9.26. The molecule has 3 rings (SSSR count). The van der Waals surface area contributed by atoms with Gasteiger partial charge in [0.1, 0.15) is 10.8 Å². The second kappa shape index (κ2) is 3.86. The number of aromatic nitrogens is 3. The Morgan fingerprint density at radius 3 is 2.59 bits per heavy atom. The van der Waals surface area contributed by atoms with Crippen LogP contribution in [0.4, 0.5) is 0 Å². The molecular formula is C13H10ClN3. The highest BCUT2D eigenvalue weighted by molar-refractivity contribution is 6.34. The quantitative estimate of drug-likeness (QED) is 0.614. The third kappa shape index (κ3) is 1.68. The number of fused-ring (bicyclic) bond motifs is 1. The van der Waals surface area contributed by atoms with Crippen molar-refractivity contribution in [3.05, 3.63) is 47.7 Å². The SMILES string of the molecule is Cn1ccc2c(Cl)nc(-c3ccccc3)nc21. The van der Waals surface area contributed by atoms with Gasteiger partial charge in [0.15, 0.2) is 5.82 Å². The Morgan fingerprint density at radius 1 is 1.06 bits per heavy atom. The standard InChI is InChI=1S/C13H10ClN3/c1-17-8-7-10-11(14)15-12(16-13(10)17)9-5-3-2-4-6-9/h2-8H,1H3. The third-order valence-electron chi connectivity index (χ3n) is 2.71. The third-order valence-corrected chi connectivity index (χ3v) is 3.00. The van der Waals surface area contributed by atoms with E-state index >= 15 is 0 Å². The molecule has 0 N–H and O–H groups in total. The molecule has 1 aromatic carbocycles. The molecule has 0 fully saturated rings. The van der Waals surface area contributed by atoms with E-state index in [1.807, 2.05) is 54.2 Å². The maximum Gasteiger partial charge on any atom is 0.163 e. The average Bonchev–Trinajstić information content (AvgIpc) is 2.73. The van der Waals surface area contributed by atoms with Crippen molar-refractivity contribution in [1.82, 2.24) is 14.5 Å². The lowest BCUT2D eigenvalue weighted by atomic mass is 10.2. The summed E-state index contributed by atoms with van der Waals surface area (Å²) in [5.41, 5.74) is 1.82. The molecule has 3 nitrogen and oxygen atoms in total. The number of halogens is 1. The molecule has 0 aliphatic carbocycles. The summed E-state index contributed by atoms with van der Waals surface area (Å²) in [4.78, 5) is 8.86. The van der Waals surface area contributed by atoms with Gasteiger partial charge in [-0.15, -0.1) is 0 Å². The Balaban J connectivity index is 2.28. The number of aryl methyl sites for hydroxylation is 1. The first-order valence-corrected chi connectivity index (χ1v) is 5.67. The Morgan fingerprint density at radius 2 is 1.82 bits per heavy atom. The molecular weight excluding hydrogens is 234 g/mol. The fourth-order valence-electron chi connectivity index (χ4n) is 1.82. The maximum absolute atomic E-state index is 6.16. The van der Waals surface area contributed by atoms with Crippen molar-refractivity contribution in [1.29, 1.82) is 0 Å². The van der Waals surface area contributed by atoms with Crippen LogP contribution in [-0.4, -0.2) is 14.5 Å². The van der Waals surface area contributed by atoms with Crippen LogP contribution in [0.3, 0.4) is 0 Å². The molecule has 0 aliphatic heterocycles. The van der Waals surface area contributed by atoms with Gasteiger partial charge in [-0.25, -0.2) is 9.97 Å². The molecule has 0 spiro atoms. The summed E-state index contributed by atoms with van der Waals surface area (Å²) in [5.74, 6) is 0.657. The molecule has 2 heterocycles. The summed E-state index contributed by atoms with van der Waals surface area (Å²) < 4.78 is 1.94.